The summed E-state index contributed by atoms with van der Waals surface area (Å²) in [5, 5.41) is 23.2. The topological polar surface area (TPSA) is 95.9 Å². The Balaban J connectivity index is 3.40. The second-order valence-electron chi connectivity index (χ2n) is 22.5. The minimum absolute atomic E-state index is 0.0122. The van der Waals surface area contributed by atoms with Crippen LogP contribution in [0.4, 0.5) is 0 Å². The number of hydrogen-bond acceptors (Lipinski definition) is 5. The normalized spacial score (nSPS) is 12.6. The van der Waals surface area contributed by atoms with Gasteiger partial charge >= 0.3 is 5.97 Å². The lowest BCUT2D eigenvalue weighted by molar-refractivity contribution is -0.143. The van der Waals surface area contributed by atoms with Gasteiger partial charge in [-0.05, 0) is 32.1 Å². The van der Waals surface area contributed by atoms with Crippen molar-refractivity contribution in [3.05, 3.63) is 12.2 Å². The number of allylic oxidation sites excluding steroid dienone is 1. The molecule has 6 heteroatoms. The summed E-state index contributed by atoms with van der Waals surface area (Å²) in [6, 6.07) is -0.630. The Morgan fingerprint density at radius 3 is 0.958 bits per heavy atom. The van der Waals surface area contributed by atoms with E-state index in [1.54, 1.807) is 6.08 Å². The third-order valence-electron chi connectivity index (χ3n) is 15.3. The van der Waals surface area contributed by atoms with Crippen LogP contribution >= 0.6 is 0 Å². The third-order valence-corrected chi connectivity index (χ3v) is 15.3. The van der Waals surface area contributed by atoms with Crippen molar-refractivity contribution in [1.29, 1.82) is 0 Å². The molecule has 1 amide bonds. The molecule has 0 bridgehead atoms. The zero-order valence-corrected chi connectivity index (χ0v) is 48.2. The summed E-state index contributed by atoms with van der Waals surface area (Å²) in [5.74, 6) is -0.0564. The van der Waals surface area contributed by atoms with Gasteiger partial charge in [-0.1, -0.05) is 334 Å². The first-order valence-electron chi connectivity index (χ1n) is 32.5. The quantitative estimate of drug-likeness (QED) is 0.0320. The third kappa shape index (κ3) is 57.7. The highest BCUT2D eigenvalue weighted by Crippen LogP contribution is 2.18. The average Bonchev–Trinajstić information content (AvgIpc) is 3.37. The van der Waals surface area contributed by atoms with Crippen LogP contribution in [0.1, 0.15) is 367 Å². The number of hydrogen-bond donors (Lipinski definition) is 3. The zero-order chi connectivity index (χ0) is 51.4. The van der Waals surface area contributed by atoms with Gasteiger partial charge in [0.15, 0.2) is 0 Å². The first-order chi connectivity index (χ1) is 35.0. The molecule has 3 N–H and O–H groups in total. The summed E-state index contributed by atoms with van der Waals surface area (Å²) in [6.45, 7) is 4.93. The summed E-state index contributed by atoms with van der Waals surface area (Å²) in [5.41, 5.74) is 0. The van der Waals surface area contributed by atoms with E-state index in [4.69, 9.17) is 4.74 Å². The lowest BCUT2D eigenvalue weighted by atomic mass is 10.0. The van der Waals surface area contributed by atoms with Gasteiger partial charge in [-0.3, -0.25) is 9.59 Å². The number of nitrogens with one attached hydrogen (secondary N) is 1. The molecule has 71 heavy (non-hydrogen) atoms. The van der Waals surface area contributed by atoms with Crippen LogP contribution in [-0.4, -0.2) is 47.4 Å². The average molecular weight is 1000 g/mol. The number of rotatable bonds is 61. The fourth-order valence-electron chi connectivity index (χ4n) is 10.3. The highest BCUT2D eigenvalue weighted by Gasteiger charge is 2.18. The lowest BCUT2D eigenvalue weighted by Crippen LogP contribution is -2.45. The number of aliphatic hydroxyl groups excluding tert-OH is 2. The summed E-state index contributed by atoms with van der Waals surface area (Å²) in [4.78, 5) is 24.6. The van der Waals surface area contributed by atoms with Gasteiger partial charge < -0.3 is 20.3 Å². The molecule has 0 aliphatic rings. The first-order valence-corrected chi connectivity index (χ1v) is 32.5. The summed E-state index contributed by atoms with van der Waals surface area (Å²) < 4.78 is 5.50. The van der Waals surface area contributed by atoms with Crippen LogP contribution < -0.4 is 5.32 Å². The molecule has 0 rings (SSSR count). The lowest BCUT2D eigenvalue weighted by Gasteiger charge is -2.20. The minimum atomic E-state index is -0.847. The molecule has 0 aromatic heterocycles. The molecule has 0 aromatic rings. The van der Waals surface area contributed by atoms with Gasteiger partial charge in [0.05, 0.1) is 25.4 Å². The Kier molecular flexibility index (Phi) is 59.9. The molecule has 422 valence electrons. The maximum absolute atomic E-state index is 12.5. The Morgan fingerprint density at radius 1 is 0.380 bits per heavy atom. The molecule has 2 atom stereocenters. The van der Waals surface area contributed by atoms with Gasteiger partial charge in [-0.2, -0.15) is 0 Å². The Labute approximate surface area is 444 Å². The van der Waals surface area contributed by atoms with E-state index >= 15 is 0 Å². The highest BCUT2D eigenvalue weighted by atomic mass is 16.5. The number of ether oxygens (including phenoxy) is 1. The maximum Gasteiger partial charge on any atom is 0.305 e. The van der Waals surface area contributed by atoms with E-state index in [1.807, 2.05) is 6.08 Å². The Hall–Kier alpha value is -1.40. The second-order valence-corrected chi connectivity index (χ2v) is 22.5. The van der Waals surface area contributed by atoms with E-state index in [-0.39, 0.29) is 18.5 Å². The van der Waals surface area contributed by atoms with Crippen molar-refractivity contribution >= 4 is 11.9 Å². The molecular formula is C65H127NO5. The number of carbonyl (C=O) groups is 2. The van der Waals surface area contributed by atoms with Gasteiger partial charge in [-0.25, -0.2) is 0 Å². The van der Waals surface area contributed by atoms with Crippen LogP contribution in [0.5, 0.6) is 0 Å². The molecule has 0 aliphatic carbocycles. The number of unbranched alkanes of at least 4 members (excludes halogenated alkanes) is 50. The van der Waals surface area contributed by atoms with E-state index in [0.717, 1.165) is 38.5 Å². The maximum atomic E-state index is 12.5. The van der Waals surface area contributed by atoms with E-state index in [1.165, 1.54) is 302 Å². The van der Waals surface area contributed by atoms with Crippen LogP contribution in [0, 0.1) is 0 Å². The molecule has 2 unspecified atom stereocenters. The number of esters is 1. The van der Waals surface area contributed by atoms with Gasteiger partial charge in [-0.15, -0.1) is 0 Å². The standard InChI is InChI=1S/C65H127NO5/c1-3-5-7-9-11-13-15-17-19-21-22-27-31-35-39-43-47-51-55-59-65(70)71-60-56-52-48-44-40-36-32-28-24-23-26-30-34-38-42-46-50-54-58-64(69)66-62(61-67)63(68)57-53-49-45-41-37-33-29-25-20-18-16-14-12-10-8-6-4-2/h53,57,62-63,67-68H,3-52,54-56,58-61H2,1-2H3,(H,66,69)/b57-53+. The van der Waals surface area contributed by atoms with Gasteiger partial charge in [0.25, 0.3) is 0 Å². The molecular weight excluding hydrogens is 875 g/mol. The van der Waals surface area contributed by atoms with Crippen molar-refractivity contribution in [2.45, 2.75) is 379 Å². The van der Waals surface area contributed by atoms with E-state index in [0.29, 0.717) is 19.4 Å². The van der Waals surface area contributed by atoms with E-state index < -0.39 is 12.1 Å². The predicted octanol–water partition coefficient (Wildman–Crippen LogP) is 20.4. The molecule has 0 heterocycles. The Morgan fingerprint density at radius 2 is 0.648 bits per heavy atom. The molecule has 0 saturated heterocycles. The van der Waals surface area contributed by atoms with Gasteiger partial charge in [0.2, 0.25) is 5.91 Å². The molecule has 0 radical (unpaired) electrons. The minimum Gasteiger partial charge on any atom is -0.466 e. The van der Waals surface area contributed by atoms with Gasteiger partial charge in [0.1, 0.15) is 0 Å². The molecule has 0 fully saturated rings. The van der Waals surface area contributed by atoms with Gasteiger partial charge in [0, 0.05) is 12.8 Å². The number of carbonyl (C=O) groups excluding carboxylic acids is 2. The van der Waals surface area contributed by atoms with Crippen molar-refractivity contribution < 1.29 is 24.5 Å². The monoisotopic (exact) mass is 1000 g/mol. The molecule has 0 aliphatic heterocycles. The summed E-state index contributed by atoms with van der Waals surface area (Å²) >= 11 is 0. The van der Waals surface area contributed by atoms with E-state index in [2.05, 4.69) is 19.2 Å². The van der Waals surface area contributed by atoms with Crippen molar-refractivity contribution in [2.24, 2.45) is 0 Å². The predicted molar refractivity (Wildman–Crippen MR) is 310 cm³/mol. The van der Waals surface area contributed by atoms with Crippen LogP contribution in [0.25, 0.3) is 0 Å². The van der Waals surface area contributed by atoms with E-state index in [9.17, 15) is 19.8 Å². The van der Waals surface area contributed by atoms with Crippen LogP contribution in [-0.2, 0) is 14.3 Å². The summed E-state index contributed by atoms with van der Waals surface area (Å²) in [6.07, 6.45) is 74.0. The van der Waals surface area contributed by atoms with Crippen LogP contribution in [0.3, 0.4) is 0 Å². The van der Waals surface area contributed by atoms with Crippen molar-refractivity contribution in [3.63, 3.8) is 0 Å². The highest BCUT2D eigenvalue weighted by molar-refractivity contribution is 5.76. The van der Waals surface area contributed by atoms with Crippen molar-refractivity contribution in [3.8, 4) is 0 Å². The number of aliphatic hydroxyl groups is 2. The fourth-order valence-corrected chi connectivity index (χ4v) is 10.3. The Bertz CT molecular complexity index is 1060. The van der Waals surface area contributed by atoms with Crippen LogP contribution in [0.15, 0.2) is 12.2 Å². The molecule has 0 spiro atoms. The van der Waals surface area contributed by atoms with Crippen molar-refractivity contribution in [2.75, 3.05) is 13.2 Å². The molecule has 6 nitrogen and oxygen atoms in total. The second kappa shape index (κ2) is 61.1. The first kappa shape index (κ1) is 69.6. The van der Waals surface area contributed by atoms with Crippen molar-refractivity contribution in [1.82, 2.24) is 5.32 Å². The van der Waals surface area contributed by atoms with Crippen LogP contribution in [0.2, 0.25) is 0 Å². The SMILES string of the molecule is CCCCCCCCCCCCCCCCC/C=C/C(O)C(CO)NC(=O)CCCCCCCCCCCCCCCCCCCCOC(=O)CCCCCCCCCCCCCCCCCCCCC. The largest absolute Gasteiger partial charge is 0.466 e. The summed E-state index contributed by atoms with van der Waals surface area (Å²) in [7, 11) is 0. The molecule has 0 aromatic carbocycles. The number of amides is 1. The molecule has 0 saturated carbocycles. The zero-order valence-electron chi connectivity index (χ0n) is 48.2. The smallest absolute Gasteiger partial charge is 0.305 e. The fraction of sp³-hybridized carbons (Fsp3) is 0.938.